The molecule has 1 aromatic heterocycles. The minimum atomic E-state index is 0.168. The highest BCUT2D eigenvalue weighted by Crippen LogP contribution is 2.65. The Morgan fingerprint density at radius 1 is 1.21 bits per heavy atom. The van der Waals surface area contributed by atoms with Crippen LogP contribution in [0.5, 0.6) is 0 Å². The summed E-state index contributed by atoms with van der Waals surface area (Å²) in [6.07, 6.45) is 14.0. The molecule has 4 aliphatic rings. The van der Waals surface area contributed by atoms with E-state index >= 15 is 0 Å². The molecule has 1 aliphatic heterocycles. The van der Waals surface area contributed by atoms with E-state index in [0.717, 1.165) is 25.9 Å². The van der Waals surface area contributed by atoms with E-state index in [-0.39, 0.29) is 10.8 Å². The molecule has 0 bridgehead atoms. The molecule has 0 N–H and O–H groups in total. The Kier molecular flexibility index (Phi) is 4.31. The molecule has 5 atom stereocenters. The maximum atomic E-state index is 12.2. The fourth-order valence-electron chi connectivity index (χ4n) is 7.44. The molecule has 3 heteroatoms. The van der Waals surface area contributed by atoms with E-state index in [1.807, 2.05) is 12.3 Å². The summed E-state index contributed by atoms with van der Waals surface area (Å²) in [5.41, 5.74) is 6.00. The van der Waals surface area contributed by atoms with Gasteiger partial charge in [-0.1, -0.05) is 19.9 Å². The number of aromatic nitrogens is 1. The van der Waals surface area contributed by atoms with Crippen LogP contribution < -0.4 is 0 Å². The molecule has 1 saturated heterocycles. The van der Waals surface area contributed by atoms with Crippen LogP contribution in [0.25, 0.3) is 5.57 Å². The Bertz CT molecular complexity index is 915. The van der Waals surface area contributed by atoms with Gasteiger partial charge in [0.1, 0.15) is 0 Å². The van der Waals surface area contributed by atoms with Crippen molar-refractivity contribution in [2.24, 2.45) is 28.6 Å². The lowest BCUT2D eigenvalue weighted by Crippen LogP contribution is -2.57. The number of pyridine rings is 1. The van der Waals surface area contributed by atoms with Gasteiger partial charge in [-0.25, -0.2) is 0 Å². The number of aryl methyl sites for hydroxylation is 1. The zero-order chi connectivity index (χ0) is 20.4. The number of carbonyl (C=O) groups excluding carboxylic acids is 1. The second-order valence-corrected chi connectivity index (χ2v) is 10.3. The molecule has 154 valence electrons. The molecule has 2 heterocycles. The van der Waals surface area contributed by atoms with Crippen molar-refractivity contribution in [3.05, 3.63) is 47.4 Å². The van der Waals surface area contributed by atoms with Crippen molar-refractivity contribution in [2.75, 3.05) is 13.1 Å². The average molecular weight is 391 g/mol. The molecule has 0 radical (unpaired) electrons. The molecule has 2 fully saturated rings. The normalized spacial score (nSPS) is 38.7. The molecule has 1 aromatic rings. The lowest BCUT2D eigenvalue weighted by atomic mass is 9.49. The molecule has 0 amide bonds. The number of likely N-dealkylation sites (tertiary alicyclic amines) is 1. The van der Waals surface area contributed by atoms with Gasteiger partial charge in [0.05, 0.1) is 0 Å². The summed E-state index contributed by atoms with van der Waals surface area (Å²) in [4.78, 5) is 19.2. The van der Waals surface area contributed by atoms with Crippen LogP contribution in [-0.2, 0) is 4.79 Å². The molecule has 0 spiro atoms. The van der Waals surface area contributed by atoms with Crippen LogP contribution in [0, 0.1) is 35.5 Å². The summed E-state index contributed by atoms with van der Waals surface area (Å²) < 4.78 is 0. The fourth-order valence-corrected chi connectivity index (χ4v) is 7.44. The van der Waals surface area contributed by atoms with Gasteiger partial charge < -0.3 is 4.90 Å². The van der Waals surface area contributed by atoms with E-state index in [1.165, 1.54) is 36.1 Å². The molecular weight excluding hydrogens is 356 g/mol. The first kappa shape index (κ1) is 19.1. The number of ketones is 1. The quantitative estimate of drug-likeness (QED) is 0.676. The van der Waals surface area contributed by atoms with Gasteiger partial charge in [0.2, 0.25) is 0 Å². The van der Waals surface area contributed by atoms with Gasteiger partial charge in [-0.2, -0.15) is 0 Å². The predicted molar refractivity (Wildman–Crippen MR) is 117 cm³/mol. The minimum absolute atomic E-state index is 0.168. The minimum Gasteiger partial charge on any atom is -0.374 e. The Balaban J connectivity index is 1.52. The third kappa shape index (κ3) is 2.62. The molecule has 0 unspecified atom stereocenters. The van der Waals surface area contributed by atoms with Crippen LogP contribution in [0.1, 0.15) is 64.0 Å². The number of rotatable bonds is 2. The molecule has 5 rings (SSSR count). The first-order chi connectivity index (χ1) is 13.9. The van der Waals surface area contributed by atoms with Crippen molar-refractivity contribution in [2.45, 2.75) is 59.8 Å². The first-order valence-electron chi connectivity index (χ1n) is 11.5. The van der Waals surface area contributed by atoms with Crippen molar-refractivity contribution in [1.29, 1.82) is 0 Å². The summed E-state index contributed by atoms with van der Waals surface area (Å²) >= 11 is 0. The second kappa shape index (κ2) is 6.55. The Hall–Kier alpha value is -1.90. The van der Waals surface area contributed by atoms with Gasteiger partial charge in [0, 0.05) is 49.1 Å². The number of fused-ring (bicyclic) bond motifs is 5. The Morgan fingerprint density at radius 2 is 2.03 bits per heavy atom. The zero-order valence-corrected chi connectivity index (χ0v) is 18.4. The summed E-state index contributed by atoms with van der Waals surface area (Å²) in [5, 5.41) is 0. The fraction of sp³-hybridized carbons (Fsp3) is 0.615. The number of allylic oxidation sites excluding steroid dienone is 4. The number of piperidine rings is 1. The van der Waals surface area contributed by atoms with Gasteiger partial charge in [-0.05, 0) is 85.5 Å². The van der Waals surface area contributed by atoms with E-state index in [4.69, 9.17) is 0 Å². The highest BCUT2D eigenvalue weighted by molar-refractivity contribution is 5.91. The van der Waals surface area contributed by atoms with Crippen LogP contribution in [0.4, 0.5) is 0 Å². The highest BCUT2D eigenvalue weighted by Gasteiger charge is 2.58. The smallest absolute Gasteiger partial charge is 0.157 e. The van der Waals surface area contributed by atoms with E-state index in [2.05, 4.69) is 55.9 Å². The van der Waals surface area contributed by atoms with Crippen LogP contribution >= 0.6 is 0 Å². The number of hydrogen-bond donors (Lipinski definition) is 0. The van der Waals surface area contributed by atoms with Crippen molar-refractivity contribution in [3.63, 3.8) is 0 Å². The van der Waals surface area contributed by atoms with Crippen LogP contribution in [0.2, 0.25) is 0 Å². The van der Waals surface area contributed by atoms with E-state index < -0.39 is 0 Å². The topological polar surface area (TPSA) is 33.2 Å². The van der Waals surface area contributed by atoms with Crippen molar-refractivity contribution in [1.82, 2.24) is 9.88 Å². The highest BCUT2D eigenvalue weighted by atomic mass is 16.1. The third-order valence-corrected chi connectivity index (χ3v) is 9.09. The summed E-state index contributed by atoms with van der Waals surface area (Å²) in [6, 6.07) is 2.15. The lowest BCUT2D eigenvalue weighted by Gasteiger charge is -2.60. The summed E-state index contributed by atoms with van der Waals surface area (Å²) in [6.45, 7) is 11.6. The Labute approximate surface area is 175 Å². The lowest BCUT2D eigenvalue weighted by molar-refractivity contribution is -0.118. The SMILES string of the molecule is CCN1C[C@@H]2[C@H](CC[C@]3(C)C(c4cnccc4C)=CC[C@@H]23)[C@@]2(C)CCC(=O)C=C12. The Morgan fingerprint density at radius 3 is 2.79 bits per heavy atom. The standard InChI is InChI=1S/C26H34N2O/c1-5-28-16-20-22-7-6-21(19-15-27-13-10-17(19)2)25(22,3)12-9-23(20)26(4)11-8-18(29)14-24(26)28/h6,10,13-15,20,22-23H,5,7-9,11-12,16H2,1-4H3/t20-,22-,23-,25+,26+/m0/s1. The zero-order valence-electron chi connectivity index (χ0n) is 18.4. The second-order valence-electron chi connectivity index (χ2n) is 10.3. The van der Waals surface area contributed by atoms with E-state index in [1.54, 1.807) is 5.57 Å². The van der Waals surface area contributed by atoms with Crippen LogP contribution in [-0.4, -0.2) is 28.8 Å². The maximum Gasteiger partial charge on any atom is 0.157 e. The van der Waals surface area contributed by atoms with E-state index in [0.29, 0.717) is 23.5 Å². The van der Waals surface area contributed by atoms with Gasteiger partial charge in [-0.3, -0.25) is 9.78 Å². The van der Waals surface area contributed by atoms with Crippen molar-refractivity contribution in [3.8, 4) is 0 Å². The number of carbonyl (C=O) groups is 1. The van der Waals surface area contributed by atoms with Crippen LogP contribution in [0.15, 0.2) is 36.3 Å². The van der Waals surface area contributed by atoms with Gasteiger partial charge in [0.15, 0.2) is 5.78 Å². The molecule has 3 nitrogen and oxygen atoms in total. The average Bonchev–Trinajstić information content (AvgIpc) is 3.06. The van der Waals surface area contributed by atoms with Crippen molar-refractivity contribution >= 4 is 11.4 Å². The summed E-state index contributed by atoms with van der Waals surface area (Å²) in [7, 11) is 0. The number of nitrogens with zero attached hydrogens (tertiary/aromatic N) is 2. The third-order valence-electron chi connectivity index (χ3n) is 9.09. The maximum absolute atomic E-state index is 12.2. The molecule has 3 aliphatic carbocycles. The van der Waals surface area contributed by atoms with Crippen molar-refractivity contribution < 1.29 is 4.79 Å². The molecular formula is C26H34N2O. The van der Waals surface area contributed by atoms with Gasteiger partial charge in [0.25, 0.3) is 0 Å². The van der Waals surface area contributed by atoms with Crippen LogP contribution in [0.3, 0.4) is 0 Å². The first-order valence-corrected chi connectivity index (χ1v) is 11.5. The van der Waals surface area contributed by atoms with E-state index in [9.17, 15) is 4.79 Å². The molecule has 29 heavy (non-hydrogen) atoms. The largest absolute Gasteiger partial charge is 0.374 e. The van der Waals surface area contributed by atoms with Gasteiger partial charge >= 0.3 is 0 Å². The number of hydrogen-bond acceptors (Lipinski definition) is 3. The monoisotopic (exact) mass is 390 g/mol. The molecule has 1 saturated carbocycles. The predicted octanol–water partition coefficient (Wildman–Crippen LogP) is 5.41. The summed E-state index contributed by atoms with van der Waals surface area (Å²) in [5.74, 6) is 2.42. The molecule has 0 aromatic carbocycles. The van der Waals surface area contributed by atoms with Gasteiger partial charge in [-0.15, -0.1) is 0 Å².